The van der Waals surface area contributed by atoms with Gasteiger partial charge in [0.2, 0.25) is 0 Å². The molecule has 1 atom stereocenters. The fraction of sp³-hybridized carbons (Fsp3) is 0.636. The molecule has 0 aliphatic rings. The second-order valence-corrected chi connectivity index (χ2v) is 4.77. The summed E-state index contributed by atoms with van der Waals surface area (Å²) in [6, 6.07) is 2.66. The van der Waals surface area contributed by atoms with E-state index in [1.165, 1.54) is 16.9 Å². The Bertz CT molecular complexity index is 242. The van der Waals surface area contributed by atoms with E-state index in [-0.39, 0.29) is 0 Å². The second-order valence-electron chi connectivity index (χ2n) is 3.65. The summed E-state index contributed by atoms with van der Waals surface area (Å²) < 4.78 is 0. The van der Waals surface area contributed by atoms with Crippen LogP contribution >= 0.6 is 11.3 Å². The Labute approximate surface area is 85.0 Å². The van der Waals surface area contributed by atoms with Gasteiger partial charge in [-0.05, 0) is 43.2 Å². The lowest BCUT2D eigenvalue weighted by molar-refractivity contribution is 0.561. The molecule has 0 radical (unpaired) electrons. The minimum Gasteiger partial charge on any atom is -0.328 e. The van der Waals surface area contributed by atoms with Crippen LogP contribution < -0.4 is 5.73 Å². The predicted octanol–water partition coefficient (Wildman–Crippen LogP) is 3.12. The van der Waals surface area contributed by atoms with Crippen LogP contribution in [0.3, 0.4) is 0 Å². The van der Waals surface area contributed by atoms with Crippen molar-refractivity contribution in [3.05, 3.63) is 21.9 Å². The molecule has 0 saturated carbocycles. The van der Waals surface area contributed by atoms with Gasteiger partial charge in [-0.2, -0.15) is 0 Å². The Morgan fingerprint density at radius 2 is 2.23 bits per heavy atom. The van der Waals surface area contributed by atoms with Crippen LogP contribution in [0.15, 0.2) is 11.4 Å². The van der Waals surface area contributed by atoms with Gasteiger partial charge < -0.3 is 5.73 Å². The molecule has 1 heterocycles. The van der Waals surface area contributed by atoms with Crippen LogP contribution in [0.1, 0.15) is 36.6 Å². The monoisotopic (exact) mass is 197 g/mol. The van der Waals surface area contributed by atoms with Crippen LogP contribution in [0.4, 0.5) is 0 Å². The molecule has 1 unspecified atom stereocenters. The maximum absolute atomic E-state index is 5.94. The molecule has 0 aliphatic carbocycles. The van der Waals surface area contributed by atoms with Gasteiger partial charge >= 0.3 is 0 Å². The van der Waals surface area contributed by atoms with E-state index in [0.29, 0.717) is 6.04 Å². The first-order chi connectivity index (χ1) is 6.22. The molecule has 0 amide bonds. The first-order valence-electron chi connectivity index (χ1n) is 5.02. The molecule has 0 fully saturated rings. The van der Waals surface area contributed by atoms with Crippen molar-refractivity contribution < 1.29 is 0 Å². The molecule has 0 bridgehead atoms. The smallest absolute Gasteiger partial charge is 0.00418 e. The standard InChI is InChI=1S/C11H19NS/c1-3-4-11(12)6-5-10-7-9(2)13-8-10/h7-8,11H,3-6,12H2,1-2H3. The van der Waals surface area contributed by atoms with Crippen molar-refractivity contribution in [2.75, 3.05) is 0 Å². The summed E-state index contributed by atoms with van der Waals surface area (Å²) in [5.41, 5.74) is 7.40. The van der Waals surface area contributed by atoms with Crippen molar-refractivity contribution in [3.63, 3.8) is 0 Å². The molecule has 0 aliphatic heterocycles. The van der Waals surface area contributed by atoms with Gasteiger partial charge in [-0.1, -0.05) is 13.3 Å². The van der Waals surface area contributed by atoms with Crippen LogP contribution in [-0.2, 0) is 6.42 Å². The van der Waals surface area contributed by atoms with Gasteiger partial charge in [-0.15, -0.1) is 11.3 Å². The van der Waals surface area contributed by atoms with E-state index >= 15 is 0 Å². The SMILES string of the molecule is CCCC(N)CCc1csc(C)c1. The highest BCUT2D eigenvalue weighted by molar-refractivity contribution is 7.10. The molecular formula is C11H19NS. The third-order valence-corrected chi connectivity index (χ3v) is 3.16. The summed E-state index contributed by atoms with van der Waals surface area (Å²) in [7, 11) is 0. The molecule has 1 aromatic rings. The number of aryl methyl sites for hydroxylation is 2. The van der Waals surface area contributed by atoms with E-state index in [4.69, 9.17) is 5.73 Å². The van der Waals surface area contributed by atoms with Gasteiger partial charge in [0.15, 0.2) is 0 Å². The first-order valence-corrected chi connectivity index (χ1v) is 5.90. The lowest BCUT2D eigenvalue weighted by Crippen LogP contribution is -2.19. The van der Waals surface area contributed by atoms with Crippen molar-refractivity contribution >= 4 is 11.3 Å². The van der Waals surface area contributed by atoms with Crippen LogP contribution in [0.5, 0.6) is 0 Å². The maximum Gasteiger partial charge on any atom is 0.00418 e. The molecule has 2 N–H and O–H groups in total. The average Bonchev–Trinajstić information content (AvgIpc) is 2.49. The molecule has 0 aromatic carbocycles. The van der Waals surface area contributed by atoms with Crippen molar-refractivity contribution in [2.45, 2.75) is 45.6 Å². The van der Waals surface area contributed by atoms with E-state index < -0.39 is 0 Å². The Morgan fingerprint density at radius 1 is 1.46 bits per heavy atom. The molecule has 13 heavy (non-hydrogen) atoms. The molecule has 74 valence electrons. The lowest BCUT2D eigenvalue weighted by Gasteiger charge is -2.08. The van der Waals surface area contributed by atoms with Crippen LogP contribution in [0.25, 0.3) is 0 Å². The predicted molar refractivity (Wildman–Crippen MR) is 60.3 cm³/mol. The number of hydrogen-bond donors (Lipinski definition) is 1. The minimum absolute atomic E-state index is 0.394. The third-order valence-electron chi connectivity index (χ3n) is 2.25. The largest absolute Gasteiger partial charge is 0.328 e. The molecule has 1 nitrogen and oxygen atoms in total. The highest BCUT2D eigenvalue weighted by Gasteiger charge is 2.02. The van der Waals surface area contributed by atoms with Gasteiger partial charge in [0.25, 0.3) is 0 Å². The van der Waals surface area contributed by atoms with E-state index in [9.17, 15) is 0 Å². The van der Waals surface area contributed by atoms with Crippen LogP contribution in [-0.4, -0.2) is 6.04 Å². The Morgan fingerprint density at radius 3 is 2.77 bits per heavy atom. The van der Waals surface area contributed by atoms with E-state index in [1.54, 1.807) is 0 Å². The highest BCUT2D eigenvalue weighted by atomic mass is 32.1. The summed E-state index contributed by atoms with van der Waals surface area (Å²) in [6.45, 7) is 4.34. The Hall–Kier alpha value is -0.340. The Balaban J connectivity index is 2.26. The summed E-state index contributed by atoms with van der Waals surface area (Å²) >= 11 is 1.83. The normalized spacial score (nSPS) is 13.2. The summed E-state index contributed by atoms with van der Waals surface area (Å²) in [5, 5.41) is 2.24. The number of nitrogens with two attached hydrogens (primary N) is 1. The van der Waals surface area contributed by atoms with Crippen molar-refractivity contribution in [3.8, 4) is 0 Å². The topological polar surface area (TPSA) is 26.0 Å². The van der Waals surface area contributed by atoms with Crippen LogP contribution in [0.2, 0.25) is 0 Å². The quantitative estimate of drug-likeness (QED) is 0.771. The van der Waals surface area contributed by atoms with E-state index in [0.717, 1.165) is 19.3 Å². The zero-order chi connectivity index (χ0) is 9.68. The zero-order valence-electron chi connectivity index (χ0n) is 8.55. The van der Waals surface area contributed by atoms with Crippen LogP contribution in [0, 0.1) is 6.92 Å². The maximum atomic E-state index is 5.94. The van der Waals surface area contributed by atoms with E-state index in [1.807, 2.05) is 11.3 Å². The van der Waals surface area contributed by atoms with Gasteiger partial charge in [0.05, 0.1) is 0 Å². The van der Waals surface area contributed by atoms with Gasteiger partial charge in [0, 0.05) is 10.9 Å². The number of hydrogen-bond acceptors (Lipinski definition) is 2. The number of rotatable bonds is 5. The molecule has 2 heteroatoms. The van der Waals surface area contributed by atoms with Crippen molar-refractivity contribution in [2.24, 2.45) is 5.73 Å². The summed E-state index contributed by atoms with van der Waals surface area (Å²) in [5.74, 6) is 0. The second kappa shape index (κ2) is 5.40. The lowest BCUT2D eigenvalue weighted by atomic mass is 10.0. The highest BCUT2D eigenvalue weighted by Crippen LogP contribution is 2.15. The van der Waals surface area contributed by atoms with Gasteiger partial charge in [-0.25, -0.2) is 0 Å². The summed E-state index contributed by atoms with van der Waals surface area (Å²) in [6.07, 6.45) is 4.63. The molecule has 0 saturated heterocycles. The van der Waals surface area contributed by atoms with Gasteiger partial charge in [0.1, 0.15) is 0 Å². The Kier molecular flexibility index (Phi) is 4.46. The third kappa shape index (κ3) is 3.92. The fourth-order valence-electron chi connectivity index (χ4n) is 1.50. The van der Waals surface area contributed by atoms with Crippen molar-refractivity contribution in [1.29, 1.82) is 0 Å². The summed E-state index contributed by atoms with van der Waals surface area (Å²) in [4.78, 5) is 1.40. The fourth-order valence-corrected chi connectivity index (χ4v) is 2.24. The minimum atomic E-state index is 0.394. The number of thiophene rings is 1. The zero-order valence-corrected chi connectivity index (χ0v) is 9.36. The molecule has 0 spiro atoms. The first kappa shape index (κ1) is 10.7. The average molecular weight is 197 g/mol. The van der Waals surface area contributed by atoms with Gasteiger partial charge in [-0.3, -0.25) is 0 Å². The molecule has 1 aromatic heterocycles. The van der Waals surface area contributed by atoms with E-state index in [2.05, 4.69) is 25.3 Å². The molecular weight excluding hydrogens is 178 g/mol. The van der Waals surface area contributed by atoms with Crippen molar-refractivity contribution in [1.82, 2.24) is 0 Å². The molecule has 1 rings (SSSR count).